The molecule has 0 unspecified atom stereocenters. The van der Waals surface area contributed by atoms with E-state index in [9.17, 15) is 0 Å². The number of halogens is 2. The molecule has 1 aromatic rings. The number of hydrogen-bond donors (Lipinski definition) is 0. The van der Waals surface area contributed by atoms with Gasteiger partial charge in [-0.15, -0.1) is 0 Å². The van der Waals surface area contributed by atoms with Crippen LogP contribution in [0.3, 0.4) is 0 Å². The Morgan fingerprint density at radius 2 is 2.22 bits per heavy atom. The van der Waals surface area contributed by atoms with Gasteiger partial charge in [0.2, 0.25) is 0 Å². The summed E-state index contributed by atoms with van der Waals surface area (Å²) < 4.78 is 6.51. The van der Waals surface area contributed by atoms with Gasteiger partial charge in [-0.05, 0) is 16.3 Å². The second kappa shape index (κ2) is 3.08. The van der Waals surface area contributed by atoms with Crippen molar-refractivity contribution in [2.75, 3.05) is 0 Å². The zero-order chi connectivity index (χ0) is 6.15. The van der Waals surface area contributed by atoms with Crippen molar-refractivity contribution in [3.63, 3.8) is 0 Å². The van der Waals surface area contributed by atoms with Crippen LogP contribution >= 0.6 is 11.6 Å². The summed E-state index contributed by atoms with van der Waals surface area (Å²) in [6.45, 7) is 1.85. The third kappa shape index (κ3) is 1.88. The molecule has 0 spiro atoms. The van der Waals surface area contributed by atoms with Crippen LogP contribution in [0, 0.1) is 6.92 Å². The van der Waals surface area contributed by atoms with Crippen LogP contribution in [0.4, 0.5) is 0 Å². The molecule has 4 heteroatoms. The van der Waals surface area contributed by atoms with Gasteiger partial charge in [0, 0.05) is 6.92 Å². The lowest BCUT2D eigenvalue weighted by atomic mass is 10.5. The van der Waals surface area contributed by atoms with E-state index in [-0.39, 0.29) is 12.4 Å². The van der Waals surface area contributed by atoms with Crippen molar-refractivity contribution >= 4 is 11.6 Å². The highest BCUT2D eigenvalue weighted by Crippen LogP contribution is 2.03. The molecule has 1 heterocycles. The summed E-state index contributed by atoms with van der Waals surface area (Å²) in [5, 5.41) is 0.627. The molecule has 0 aliphatic rings. The molecular weight excluding hydrogens is 161 g/mol. The normalized spacial score (nSPS) is 8.78. The highest BCUT2D eigenvalue weighted by Gasteiger charge is 2.07. The Hall–Kier alpha value is -0.210. The fourth-order valence-electron chi connectivity index (χ4n) is 0.545. The second-order valence-electron chi connectivity index (χ2n) is 1.67. The fraction of sp³-hybridized carbons (Fsp3) is 0.400. The van der Waals surface area contributed by atoms with E-state index in [0.717, 1.165) is 5.76 Å². The van der Waals surface area contributed by atoms with Gasteiger partial charge in [-0.2, -0.15) is 0 Å². The molecule has 52 valence electrons. The smallest absolute Gasteiger partial charge is 0.322 e. The maximum absolute atomic E-state index is 5.60. The SMILES string of the molecule is Cc1cc(Cl)[n+](C)o1.[Cl-]. The van der Waals surface area contributed by atoms with Crippen molar-refractivity contribution in [2.24, 2.45) is 7.05 Å². The molecule has 1 rings (SSSR count). The fourth-order valence-corrected chi connectivity index (χ4v) is 0.733. The summed E-state index contributed by atoms with van der Waals surface area (Å²) in [6.07, 6.45) is 0. The largest absolute Gasteiger partial charge is 1.00 e. The molecule has 0 saturated heterocycles. The van der Waals surface area contributed by atoms with E-state index in [1.807, 2.05) is 6.92 Å². The van der Waals surface area contributed by atoms with E-state index in [0.29, 0.717) is 5.15 Å². The van der Waals surface area contributed by atoms with Crippen molar-refractivity contribution in [3.8, 4) is 0 Å². The molecule has 0 aliphatic carbocycles. The molecule has 0 aromatic carbocycles. The van der Waals surface area contributed by atoms with Crippen LogP contribution in [-0.4, -0.2) is 0 Å². The Morgan fingerprint density at radius 3 is 2.33 bits per heavy atom. The van der Waals surface area contributed by atoms with Gasteiger partial charge in [-0.1, -0.05) is 0 Å². The van der Waals surface area contributed by atoms with E-state index in [1.165, 1.54) is 4.74 Å². The van der Waals surface area contributed by atoms with E-state index in [2.05, 4.69) is 0 Å². The van der Waals surface area contributed by atoms with Crippen molar-refractivity contribution in [2.45, 2.75) is 6.92 Å². The molecule has 0 bridgehead atoms. The summed E-state index contributed by atoms with van der Waals surface area (Å²) in [4.78, 5) is 0. The molecule has 2 nitrogen and oxygen atoms in total. The van der Waals surface area contributed by atoms with Gasteiger partial charge in [0.15, 0.2) is 12.8 Å². The molecule has 1 aromatic heterocycles. The van der Waals surface area contributed by atoms with Gasteiger partial charge in [0.05, 0.1) is 6.07 Å². The molecule has 0 radical (unpaired) electrons. The molecule has 0 N–H and O–H groups in total. The first kappa shape index (κ1) is 8.79. The third-order valence-corrected chi connectivity index (χ3v) is 1.25. The van der Waals surface area contributed by atoms with Crippen molar-refractivity contribution in [1.82, 2.24) is 0 Å². The first-order valence-corrected chi connectivity index (χ1v) is 2.70. The molecule has 9 heavy (non-hydrogen) atoms. The van der Waals surface area contributed by atoms with E-state index in [1.54, 1.807) is 13.1 Å². The standard InChI is InChI=1S/C5H7ClNO.ClH/c1-4-3-5(6)7(2)8-4;/h3H,1-2H3;1H/q+1;/p-1. The number of aromatic nitrogens is 1. The zero-order valence-corrected chi connectivity index (χ0v) is 6.70. The lowest BCUT2D eigenvalue weighted by Gasteiger charge is -1.70. The number of hydrogen-bond acceptors (Lipinski definition) is 1. The van der Waals surface area contributed by atoms with Crippen LogP contribution in [0.5, 0.6) is 0 Å². The van der Waals surface area contributed by atoms with Gasteiger partial charge < -0.3 is 12.4 Å². The summed E-state index contributed by atoms with van der Waals surface area (Å²) in [5.74, 6) is 0.831. The van der Waals surface area contributed by atoms with Gasteiger partial charge in [-0.3, -0.25) is 0 Å². The molecule has 0 atom stereocenters. The maximum Gasteiger partial charge on any atom is 0.322 e. The number of rotatable bonds is 0. The Labute approximate surface area is 64.8 Å². The predicted molar refractivity (Wildman–Crippen MR) is 29.6 cm³/mol. The Kier molecular flexibility index (Phi) is 3.01. The van der Waals surface area contributed by atoms with Crippen LogP contribution in [0.1, 0.15) is 5.76 Å². The van der Waals surface area contributed by atoms with E-state index >= 15 is 0 Å². The Bertz CT molecular complexity index is 177. The third-order valence-electron chi connectivity index (χ3n) is 0.904. The topological polar surface area (TPSA) is 17.0 Å². The number of nitrogens with zero attached hydrogens (tertiary/aromatic N) is 1. The van der Waals surface area contributed by atoms with Gasteiger partial charge in [0.1, 0.15) is 0 Å². The van der Waals surface area contributed by atoms with Gasteiger partial charge in [-0.25, -0.2) is 4.52 Å². The van der Waals surface area contributed by atoms with Crippen molar-refractivity contribution in [1.29, 1.82) is 0 Å². The molecule has 0 amide bonds. The average molecular weight is 168 g/mol. The highest BCUT2D eigenvalue weighted by molar-refractivity contribution is 6.28. The molecular formula is C5H7Cl2NO. The van der Waals surface area contributed by atoms with Crippen LogP contribution in [0.15, 0.2) is 10.6 Å². The summed E-state index contributed by atoms with van der Waals surface area (Å²) in [7, 11) is 1.76. The lowest BCUT2D eigenvalue weighted by Crippen LogP contribution is -3.00. The monoisotopic (exact) mass is 167 g/mol. The highest BCUT2D eigenvalue weighted by atomic mass is 35.5. The Balaban J connectivity index is 0.000000640. The summed E-state index contributed by atoms with van der Waals surface area (Å²) >= 11 is 5.60. The molecule has 0 fully saturated rings. The second-order valence-corrected chi connectivity index (χ2v) is 2.05. The first-order chi connectivity index (χ1) is 3.70. The van der Waals surface area contributed by atoms with E-state index < -0.39 is 0 Å². The van der Waals surface area contributed by atoms with E-state index in [4.69, 9.17) is 16.1 Å². The van der Waals surface area contributed by atoms with Gasteiger partial charge in [0.25, 0.3) is 0 Å². The number of aryl methyl sites for hydroxylation is 2. The summed E-state index contributed by atoms with van der Waals surface area (Å²) in [6, 6.07) is 1.77. The van der Waals surface area contributed by atoms with Crippen LogP contribution in [0.2, 0.25) is 5.15 Å². The molecule has 0 saturated carbocycles. The van der Waals surface area contributed by atoms with Crippen LogP contribution in [-0.2, 0) is 7.05 Å². The summed E-state index contributed by atoms with van der Waals surface area (Å²) in [5.41, 5.74) is 0. The van der Waals surface area contributed by atoms with Crippen molar-refractivity contribution in [3.05, 3.63) is 17.0 Å². The van der Waals surface area contributed by atoms with Crippen LogP contribution < -0.4 is 17.1 Å². The minimum atomic E-state index is 0. The zero-order valence-electron chi connectivity index (χ0n) is 5.19. The van der Waals surface area contributed by atoms with Crippen LogP contribution in [0.25, 0.3) is 0 Å². The molecule has 0 aliphatic heterocycles. The Morgan fingerprint density at radius 1 is 1.67 bits per heavy atom. The lowest BCUT2D eigenvalue weighted by molar-refractivity contribution is -0.844. The first-order valence-electron chi connectivity index (χ1n) is 2.32. The predicted octanol–water partition coefficient (Wildman–Crippen LogP) is -1.93. The quantitative estimate of drug-likeness (QED) is 0.412. The van der Waals surface area contributed by atoms with Crippen molar-refractivity contribution < 1.29 is 21.7 Å². The van der Waals surface area contributed by atoms with Gasteiger partial charge >= 0.3 is 5.15 Å². The minimum absolute atomic E-state index is 0. The minimum Gasteiger partial charge on any atom is -1.00 e. The average Bonchev–Trinajstić information content (AvgIpc) is 1.85. The maximum atomic E-state index is 5.60.